The van der Waals surface area contributed by atoms with Gasteiger partial charge in [0.1, 0.15) is 0 Å². The van der Waals surface area contributed by atoms with Gasteiger partial charge in [-0.25, -0.2) is 4.98 Å². The Labute approximate surface area is 180 Å². The zero-order valence-corrected chi connectivity index (χ0v) is 17.6. The zero-order valence-electron chi connectivity index (χ0n) is 16.8. The molecule has 0 unspecified atom stereocenters. The van der Waals surface area contributed by atoms with Crippen LogP contribution in [0.25, 0.3) is 6.08 Å². The summed E-state index contributed by atoms with van der Waals surface area (Å²) >= 11 is 1.33. The van der Waals surface area contributed by atoms with Crippen molar-refractivity contribution in [2.75, 3.05) is 16.8 Å². The van der Waals surface area contributed by atoms with E-state index in [-0.39, 0.29) is 18.2 Å². The van der Waals surface area contributed by atoms with Crippen LogP contribution in [0.15, 0.2) is 60.0 Å². The van der Waals surface area contributed by atoms with Crippen molar-refractivity contribution in [1.29, 1.82) is 0 Å². The number of anilines is 2. The number of hydrogen-bond acceptors (Lipinski definition) is 4. The number of aryl methyl sites for hydroxylation is 2. The van der Waals surface area contributed by atoms with Crippen molar-refractivity contribution in [3.8, 4) is 0 Å². The molecule has 0 saturated carbocycles. The van der Waals surface area contributed by atoms with Gasteiger partial charge >= 0.3 is 0 Å². The summed E-state index contributed by atoms with van der Waals surface area (Å²) in [4.78, 5) is 31.3. The van der Waals surface area contributed by atoms with Crippen LogP contribution in [0.4, 0.5) is 10.8 Å². The van der Waals surface area contributed by atoms with Crippen molar-refractivity contribution >= 4 is 40.0 Å². The summed E-state index contributed by atoms with van der Waals surface area (Å²) in [6, 6.07) is 15.9. The van der Waals surface area contributed by atoms with Gasteiger partial charge in [0.15, 0.2) is 5.13 Å². The van der Waals surface area contributed by atoms with Gasteiger partial charge in [-0.15, -0.1) is 11.3 Å². The van der Waals surface area contributed by atoms with Crippen LogP contribution in [0.5, 0.6) is 0 Å². The molecule has 3 aromatic rings. The van der Waals surface area contributed by atoms with E-state index in [0.29, 0.717) is 10.8 Å². The molecule has 0 radical (unpaired) electrons. The molecule has 2 amide bonds. The molecule has 2 heterocycles. The number of amides is 2. The summed E-state index contributed by atoms with van der Waals surface area (Å²) in [6.07, 6.45) is 5.43. The molecule has 4 rings (SSSR count). The van der Waals surface area contributed by atoms with E-state index in [9.17, 15) is 9.59 Å². The van der Waals surface area contributed by atoms with E-state index < -0.39 is 0 Å². The maximum atomic E-state index is 12.9. The number of hydrogen-bond donors (Lipinski definition) is 1. The third kappa shape index (κ3) is 4.83. The standard InChI is InChI=1S/C24H23N3O2S/c1-17-9-11-21-19(14-17)8-5-13-27(21)23(29)15-20-16-30-24(25-20)26-22(28)12-10-18-6-3-2-4-7-18/h2-4,6-7,9-12,14,16H,5,8,13,15H2,1H3,(H,25,26,28)/b12-10+. The minimum Gasteiger partial charge on any atom is -0.312 e. The highest BCUT2D eigenvalue weighted by Crippen LogP contribution is 2.28. The molecule has 2 aromatic carbocycles. The first kappa shape index (κ1) is 20.0. The first-order chi connectivity index (χ1) is 14.6. The van der Waals surface area contributed by atoms with Gasteiger partial charge in [0, 0.05) is 23.7 Å². The Morgan fingerprint density at radius 2 is 2.03 bits per heavy atom. The number of benzene rings is 2. The van der Waals surface area contributed by atoms with Gasteiger partial charge in [-0.1, -0.05) is 48.0 Å². The Bertz CT molecular complexity index is 1090. The molecule has 0 saturated heterocycles. The third-order valence-electron chi connectivity index (χ3n) is 5.00. The Hall–Kier alpha value is -3.25. The van der Waals surface area contributed by atoms with Crippen molar-refractivity contribution in [3.63, 3.8) is 0 Å². The molecular formula is C24H23N3O2S. The molecule has 5 nitrogen and oxygen atoms in total. The molecule has 152 valence electrons. The topological polar surface area (TPSA) is 62.3 Å². The van der Waals surface area contributed by atoms with E-state index in [2.05, 4.69) is 23.3 Å². The first-order valence-electron chi connectivity index (χ1n) is 9.97. The summed E-state index contributed by atoms with van der Waals surface area (Å²) < 4.78 is 0. The highest BCUT2D eigenvalue weighted by molar-refractivity contribution is 7.14. The fourth-order valence-electron chi connectivity index (χ4n) is 3.56. The van der Waals surface area contributed by atoms with Crippen LogP contribution < -0.4 is 10.2 Å². The lowest BCUT2D eigenvalue weighted by atomic mass is 9.99. The maximum absolute atomic E-state index is 12.9. The predicted octanol–water partition coefficient (Wildman–Crippen LogP) is 4.63. The van der Waals surface area contributed by atoms with Crippen molar-refractivity contribution in [1.82, 2.24) is 4.98 Å². The lowest BCUT2D eigenvalue weighted by Gasteiger charge is -2.29. The van der Waals surface area contributed by atoms with Crippen LogP contribution in [0.2, 0.25) is 0 Å². The number of rotatable bonds is 5. The minimum absolute atomic E-state index is 0.0342. The number of fused-ring (bicyclic) bond motifs is 1. The summed E-state index contributed by atoms with van der Waals surface area (Å²) in [5, 5.41) is 5.09. The van der Waals surface area contributed by atoms with Crippen molar-refractivity contribution in [2.45, 2.75) is 26.2 Å². The largest absolute Gasteiger partial charge is 0.312 e. The molecule has 1 aliphatic heterocycles. The van der Waals surface area contributed by atoms with Crippen LogP contribution >= 0.6 is 11.3 Å². The van der Waals surface area contributed by atoms with E-state index in [4.69, 9.17) is 0 Å². The Balaban J connectivity index is 1.37. The van der Waals surface area contributed by atoms with Crippen LogP contribution in [-0.2, 0) is 22.4 Å². The van der Waals surface area contributed by atoms with E-state index in [0.717, 1.165) is 30.6 Å². The van der Waals surface area contributed by atoms with Crippen LogP contribution in [0.1, 0.15) is 28.8 Å². The summed E-state index contributed by atoms with van der Waals surface area (Å²) in [6.45, 7) is 2.80. The van der Waals surface area contributed by atoms with E-state index in [1.807, 2.05) is 52.7 Å². The van der Waals surface area contributed by atoms with Crippen molar-refractivity contribution in [3.05, 3.63) is 82.4 Å². The average Bonchev–Trinajstić information content (AvgIpc) is 3.18. The second-order valence-corrected chi connectivity index (χ2v) is 8.19. The fraction of sp³-hybridized carbons (Fsp3) is 0.208. The summed E-state index contributed by atoms with van der Waals surface area (Å²) in [5.41, 5.74) is 5.07. The predicted molar refractivity (Wildman–Crippen MR) is 122 cm³/mol. The average molecular weight is 418 g/mol. The van der Waals surface area contributed by atoms with Gasteiger partial charge in [-0.3, -0.25) is 14.9 Å². The first-order valence-corrected chi connectivity index (χ1v) is 10.8. The summed E-state index contributed by atoms with van der Waals surface area (Å²) in [5.74, 6) is -0.210. The van der Waals surface area contributed by atoms with Gasteiger partial charge in [-0.2, -0.15) is 0 Å². The minimum atomic E-state index is -0.244. The number of thiazole rings is 1. The molecule has 1 aliphatic rings. The molecule has 0 bridgehead atoms. The SMILES string of the molecule is Cc1ccc2c(c1)CCCN2C(=O)Cc1csc(NC(=O)/C=C/c2ccccc2)n1. The molecular weight excluding hydrogens is 394 g/mol. The van der Waals surface area contributed by atoms with Crippen molar-refractivity contribution < 1.29 is 9.59 Å². The van der Waals surface area contributed by atoms with Crippen molar-refractivity contribution in [2.24, 2.45) is 0 Å². The number of nitrogens with one attached hydrogen (secondary N) is 1. The van der Waals surface area contributed by atoms with Crippen LogP contribution in [0, 0.1) is 6.92 Å². The lowest BCUT2D eigenvalue weighted by Crippen LogP contribution is -2.36. The van der Waals surface area contributed by atoms with Gasteiger partial charge < -0.3 is 4.90 Å². The lowest BCUT2D eigenvalue weighted by molar-refractivity contribution is -0.118. The fourth-order valence-corrected chi connectivity index (χ4v) is 4.28. The van der Waals surface area contributed by atoms with Gasteiger partial charge in [0.05, 0.1) is 12.1 Å². The smallest absolute Gasteiger partial charge is 0.250 e. The van der Waals surface area contributed by atoms with E-state index in [1.165, 1.54) is 28.5 Å². The Morgan fingerprint density at radius 3 is 2.87 bits per heavy atom. The summed E-state index contributed by atoms with van der Waals surface area (Å²) in [7, 11) is 0. The van der Waals surface area contributed by atoms with Crippen LogP contribution in [-0.4, -0.2) is 23.3 Å². The molecule has 0 atom stereocenters. The number of carbonyl (C=O) groups is 2. The Kier molecular flexibility index (Phi) is 6.05. The van der Waals surface area contributed by atoms with E-state index in [1.54, 1.807) is 6.08 Å². The Morgan fingerprint density at radius 1 is 1.20 bits per heavy atom. The molecule has 0 fully saturated rings. The molecule has 0 spiro atoms. The van der Waals surface area contributed by atoms with E-state index >= 15 is 0 Å². The monoisotopic (exact) mass is 417 g/mol. The zero-order chi connectivity index (χ0) is 20.9. The number of nitrogens with zero attached hydrogens (tertiary/aromatic N) is 2. The quantitative estimate of drug-likeness (QED) is 0.616. The molecule has 30 heavy (non-hydrogen) atoms. The highest BCUT2D eigenvalue weighted by atomic mass is 32.1. The second kappa shape index (κ2) is 9.05. The molecule has 1 N–H and O–H groups in total. The molecule has 0 aliphatic carbocycles. The normalized spacial score (nSPS) is 13.3. The number of aromatic nitrogens is 1. The van der Waals surface area contributed by atoms with Gasteiger partial charge in [-0.05, 0) is 43.0 Å². The molecule has 1 aromatic heterocycles. The number of carbonyl (C=O) groups excluding carboxylic acids is 2. The third-order valence-corrected chi connectivity index (χ3v) is 5.80. The van der Waals surface area contributed by atoms with Crippen LogP contribution in [0.3, 0.4) is 0 Å². The van der Waals surface area contributed by atoms with Gasteiger partial charge in [0.25, 0.3) is 0 Å². The highest BCUT2D eigenvalue weighted by Gasteiger charge is 2.23. The van der Waals surface area contributed by atoms with Gasteiger partial charge in [0.2, 0.25) is 11.8 Å². The molecule has 6 heteroatoms. The second-order valence-electron chi connectivity index (χ2n) is 7.34. The maximum Gasteiger partial charge on any atom is 0.250 e.